The summed E-state index contributed by atoms with van der Waals surface area (Å²) >= 11 is 12.2. The second-order valence-electron chi connectivity index (χ2n) is 6.70. The van der Waals surface area contributed by atoms with Crippen LogP contribution in [0, 0.1) is 0 Å². The Morgan fingerprint density at radius 3 is 2.06 bits per heavy atom. The molecule has 0 atom stereocenters. The minimum absolute atomic E-state index is 0.0358. The van der Waals surface area contributed by atoms with Crippen LogP contribution >= 0.6 is 23.2 Å². The van der Waals surface area contributed by atoms with Crippen molar-refractivity contribution in [3.8, 4) is 5.75 Å². The molecule has 0 fully saturated rings. The van der Waals surface area contributed by atoms with Gasteiger partial charge in [0.25, 0.3) is 10.0 Å². The first-order chi connectivity index (χ1) is 15.3. The average Bonchev–Trinajstić information content (AvgIpc) is 2.74. The molecular formula is C22H18Cl2N4O3S. The van der Waals surface area contributed by atoms with Crippen LogP contribution in [-0.4, -0.2) is 25.0 Å². The smallest absolute Gasteiger partial charge is 0.263 e. The highest BCUT2D eigenvalue weighted by molar-refractivity contribution is 7.92. The molecule has 1 heterocycles. The summed E-state index contributed by atoms with van der Waals surface area (Å²) in [6.07, 6.45) is 0. The standard InChI is InChI=1S/C22H18Cl2N4O3S/c1-2-31-17-7-9-18(10-8-17)32(29,30)28-22-21(25-16-12-14(23)11-15(24)13-16)26-19-5-3-4-6-20(19)27-22/h3-13H,2H2,1H3,(H,25,26)(H,27,28). The first-order valence-electron chi connectivity index (χ1n) is 9.59. The second kappa shape index (κ2) is 9.20. The molecule has 0 saturated heterocycles. The molecule has 0 aliphatic rings. The van der Waals surface area contributed by atoms with E-state index in [4.69, 9.17) is 27.9 Å². The van der Waals surface area contributed by atoms with Crippen molar-refractivity contribution >= 4 is 61.6 Å². The molecule has 0 radical (unpaired) electrons. The van der Waals surface area contributed by atoms with Gasteiger partial charge in [-0.2, -0.15) is 0 Å². The van der Waals surface area contributed by atoms with Crippen LogP contribution in [0.25, 0.3) is 11.0 Å². The number of hydrogen-bond donors (Lipinski definition) is 2. The van der Waals surface area contributed by atoms with Gasteiger partial charge in [-0.25, -0.2) is 18.4 Å². The number of anilines is 3. The molecule has 0 amide bonds. The maximum absolute atomic E-state index is 13.0. The summed E-state index contributed by atoms with van der Waals surface area (Å²) < 4.78 is 34.0. The highest BCUT2D eigenvalue weighted by atomic mass is 35.5. The molecule has 32 heavy (non-hydrogen) atoms. The van der Waals surface area contributed by atoms with Gasteiger partial charge >= 0.3 is 0 Å². The SMILES string of the molecule is CCOc1ccc(S(=O)(=O)Nc2nc3ccccc3nc2Nc2cc(Cl)cc(Cl)c2)cc1. The number of rotatable bonds is 7. The Bertz CT molecular complexity index is 1360. The lowest BCUT2D eigenvalue weighted by Crippen LogP contribution is -2.16. The third kappa shape index (κ3) is 5.04. The van der Waals surface area contributed by atoms with Crippen LogP contribution in [-0.2, 0) is 10.0 Å². The van der Waals surface area contributed by atoms with Crippen LogP contribution in [0.3, 0.4) is 0 Å². The molecule has 10 heteroatoms. The van der Waals surface area contributed by atoms with Crippen molar-refractivity contribution in [3.63, 3.8) is 0 Å². The number of ether oxygens (including phenoxy) is 1. The highest BCUT2D eigenvalue weighted by Gasteiger charge is 2.19. The fourth-order valence-electron chi connectivity index (χ4n) is 2.99. The van der Waals surface area contributed by atoms with E-state index in [0.717, 1.165) is 0 Å². The van der Waals surface area contributed by atoms with E-state index in [1.54, 1.807) is 48.5 Å². The summed E-state index contributed by atoms with van der Waals surface area (Å²) in [5.41, 5.74) is 1.66. The fourth-order valence-corrected chi connectivity index (χ4v) is 4.52. The maximum atomic E-state index is 13.0. The van der Waals surface area contributed by atoms with Gasteiger partial charge in [-0.05, 0) is 61.5 Å². The van der Waals surface area contributed by atoms with Gasteiger partial charge < -0.3 is 10.1 Å². The monoisotopic (exact) mass is 488 g/mol. The topological polar surface area (TPSA) is 93.2 Å². The molecule has 4 aromatic rings. The van der Waals surface area contributed by atoms with Crippen molar-refractivity contribution in [2.75, 3.05) is 16.6 Å². The summed E-state index contributed by atoms with van der Waals surface area (Å²) in [6.45, 7) is 2.34. The van der Waals surface area contributed by atoms with Crippen molar-refractivity contribution in [2.45, 2.75) is 11.8 Å². The van der Waals surface area contributed by atoms with E-state index in [2.05, 4.69) is 20.0 Å². The molecule has 1 aromatic heterocycles. The Morgan fingerprint density at radius 2 is 1.47 bits per heavy atom. The lowest BCUT2D eigenvalue weighted by molar-refractivity contribution is 0.340. The molecule has 0 unspecified atom stereocenters. The predicted molar refractivity (Wildman–Crippen MR) is 128 cm³/mol. The van der Waals surface area contributed by atoms with Crippen LogP contribution in [0.5, 0.6) is 5.75 Å². The molecular weight excluding hydrogens is 471 g/mol. The van der Waals surface area contributed by atoms with Crippen molar-refractivity contribution in [1.29, 1.82) is 0 Å². The number of para-hydroxylation sites is 2. The Kier molecular flexibility index (Phi) is 6.36. The van der Waals surface area contributed by atoms with E-state index < -0.39 is 10.0 Å². The van der Waals surface area contributed by atoms with Crippen LogP contribution in [0.2, 0.25) is 10.0 Å². The third-order valence-corrected chi connectivity index (χ3v) is 6.16. The first kappa shape index (κ1) is 22.1. The Balaban J connectivity index is 1.73. The van der Waals surface area contributed by atoms with Gasteiger partial charge in [-0.15, -0.1) is 0 Å². The number of hydrogen-bond acceptors (Lipinski definition) is 6. The van der Waals surface area contributed by atoms with E-state index in [-0.39, 0.29) is 16.5 Å². The second-order valence-corrected chi connectivity index (χ2v) is 9.26. The van der Waals surface area contributed by atoms with Crippen molar-refractivity contribution in [2.24, 2.45) is 0 Å². The molecule has 0 aliphatic heterocycles. The molecule has 2 N–H and O–H groups in total. The third-order valence-electron chi connectivity index (χ3n) is 4.37. The van der Waals surface area contributed by atoms with Gasteiger partial charge in [0.1, 0.15) is 5.75 Å². The van der Waals surface area contributed by atoms with Gasteiger partial charge in [-0.1, -0.05) is 35.3 Å². The Morgan fingerprint density at radius 1 is 0.875 bits per heavy atom. The van der Waals surface area contributed by atoms with Crippen LogP contribution in [0.15, 0.2) is 71.6 Å². The minimum atomic E-state index is -3.94. The van der Waals surface area contributed by atoms with Gasteiger partial charge in [0.15, 0.2) is 11.6 Å². The quantitative estimate of drug-likeness (QED) is 0.337. The highest BCUT2D eigenvalue weighted by Crippen LogP contribution is 2.30. The predicted octanol–water partition coefficient (Wildman–Crippen LogP) is 5.88. The van der Waals surface area contributed by atoms with Crippen LogP contribution < -0.4 is 14.8 Å². The molecule has 0 saturated carbocycles. The van der Waals surface area contributed by atoms with Crippen molar-refractivity contribution in [3.05, 3.63) is 76.8 Å². The van der Waals surface area contributed by atoms with Crippen LogP contribution in [0.4, 0.5) is 17.3 Å². The molecule has 0 bridgehead atoms. The number of fused-ring (bicyclic) bond motifs is 1. The summed E-state index contributed by atoms with van der Waals surface area (Å²) in [6, 6.07) is 18.2. The van der Waals surface area contributed by atoms with E-state index in [9.17, 15) is 8.42 Å². The zero-order valence-corrected chi connectivity index (χ0v) is 19.2. The zero-order valence-electron chi connectivity index (χ0n) is 16.8. The zero-order chi connectivity index (χ0) is 22.7. The summed E-state index contributed by atoms with van der Waals surface area (Å²) in [5, 5.41) is 3.90. The largest absolute Gasteiger partial charge is 0.494 e. The van der Waals surface area contributed by atoms with E-state index in [1.807, 2.05) is 13.0 Å². The number of nitrogens with zero attached hydrogens (tertiary/aromatic N) is 2. The molecule has 4 rings (SSSR count). The summed E-state index contributed by atoms with van der Waals surface area (Å²) in [4.78, 5) is 9.07. The van der Waals surface area contributed by atoms with E-state index >= 15 is 0 Å². The van der Waals surface area contributed by atoms with Gasteiger partial charge in [0.2, 0.25) is 0 Å². The van der Waals surface area contributed by atoms with Crippen LogP contribution in [0.1, 0.15) is 6.92 Å². The normalized spacial score (nSPS) is 11.3. The lowest BCUT2D eigenvalue weighted by atomic mass is 10.3. The number of halogens is 2. The van der Waals surface area contributed by atoms with Gasteiger partial charge in [-0.3, -0.25) is 4.72 Å². The fraction of sp³-hybridized carbons (Fsp3) is 0.0909. The van der Waals surface area contributed by atoms with Gasteiger partial charge in [0, 0.05) is 15.7 Å². The molecule has 7 nitrogen and oxygen atoms in total. The molecule has 3 aromatic carbocycles. The molecule has 164 valence electrons. The lowest BCUT2D eigenvalue weighted by Gasteiger charge is -2.14. The number of nitrogens with one attached hydrogen (secondary N) is 2. The van der Waals surface area contributed by atoms with Crippen molar-refractivity contribution in [1.82, 2.24) is 9.97 Å². The van der Waals surface area contributed by atoms with Crippen molar-refractivity contribution < 1.29 is 13.2 Å². The van der Waals surface area contributed by atoms with E-state index in [0.29, 0.717) is 39.1 Å². The average molecular weight is 489 g/mol. The number of aromatic nitrogens is 2. The summed E-state index contributed by atoms with van der Waals surface area (Å²) in [7, 11) is -3.94. The first-order valence-corrected chi connectivity index (χ1v) is 11.8. The van der Waals surface area contributed by atoms with Gasteiger partial charge in [0.05, 0.1) is 22.5 Å². The number of benzene rings is 3. The number of sulfonamides is 1. The van der Waals surface area contributed by atoms with E-state index in [1.165, 1.54) is 12.1 Å². The Labute approximate surface area is 195 Å². The maximum Gasteiger partial charge on any atom is 0.263 e. The molecule has 0 aliphatic carbocycles. The molecule has 0 spiro atoms. The summed E-state index contributed by atoms with van der Waals surface area (Å²) in [5.74, 6) is 0.822. The Hall–Kier alpha value is -3.07. The minimum Gasteiger partial charge on any atom is -0.494 e.